The van der Waals surface area contributed by atoms with E-state index in [0.717, 1.165) is 0 Å². The molecule has 1 aliphatic heterocycles. The number of nitrogens with zero attached hydrogens (tertiary/aromatic N) is 2. The molecule has 0 spiro atoms. The maximum absolute atomic E-state index is 12.7. The number of aromatic nitrogens is 1. The number of methoxy groups -OCH3 is 1. The van der Waals surface area contributed by atoms with Crippen molar-refractivity contribution in [3.8, 4) is 5.75 Å². The minimum absolute atomic E-state index is 0.0131. The van der Waals surface area contributed by atoms with Gasteiger partial charge in [0, 0.05) is 24.3 Å². The number of hydrogen-bond acceptors (Lipinski definition) is 7. The van der Waals surface area contributed by atoms with Gasteiger partial charge in [0.25, 0.3) is 11.7 Å². The van der Waals surface area contributed by atoms with E-state index in [-0.39, 0.29) is 30.7 Å². The van der Waals surface area contributed by atoms with Crippen molar-refractivity contribution in [2.24, 2.45) is 0 Å². The lowest BCUT2D eigenvalue weighted by atomic mass is 9.98. The van der Waals surface area contributed by atoms with Gasteiger partial charge < -0.3 is 24.6 Å². The number of likely N-dealkylation sites (tertiary alicyclic amines) is 1. The number of carbonyl (C=O) groups excluding carboxylic acids is 3. The lowest BCUT2D eigenvalue weighted by molar-refractivity contribution is -0.305. The Morgan fingerprint density at radius 2 is 1.93 bits per heavy atom. The second kappa shape index (κ2) is 8.55. The molecule has 1 aromatic carbocycles. The molecule has 1 aliphatic rings. The number of aliphatic hydroxyl groups excluding tert-OH is 1. The summed E-state index contributed by atoms with van der Waals surface area (Å²) in [5, 5.41) is 21.6. The molecule has 1 N–H and O–H groups in total. The van der Waals surface area contributed by atoms with E-state index in [1.54, 1.807) is 42.5 Å². The van der Waals surface area contributed by atoms with Crippen molar-refractivity contribution >= 4 is 23.4 Å². The van der Waals surface area contributed by atoms with Crippen molar-refractivity contribution in [1.29, 1.82) is 0 Å². The fraction of sp³-hybridized carbons (Fsp3) is 0.238. The van der Waals surface area contributed by atoms with Gasteiger partial charge in [-0.15, -0.1) is 0 Å². The Morgan fingerprint density at radius 1 is 1.21 bits per heavy atom. The van der Waals surface area contributed by atoms with Crippen LogP contribution in [0.1, 0.15) is 30.1 Å². The fourth-order valence-corrected chi connectivity index (χ4v) is 3.25. The maximum Gasteiger partial charge on any atom is 0.295 e. The second-order valence-corrected chi connectivity index (χ2v) is 6.45. The van der Waals surface area contributed by atoms with Gasteiger partial charge in [-0.25, -0.2) is 0 Å². The van der Waals surface area contributed by atoms with Crippen LogP contribution in [0.25, 0.3) is 5.76 Å². The third-order valence-corrected chi connectivity index (χ3v) is 4.65. The predicted molar refractivity (Wildman–Crippen MR) is 100 cm³/mol. The van der Waals surface area contributed by atoms with Crippen molar-refractivity contribution in [1.82, 2.24) is 9.88 Å². The van der Waals surface area contributed by atoms with Crippen LogP contribution in [0.2, 0.25) is 0 Å². The van der Waals surface area contributed by atoms with Gasteiger partial charge in [-0.1, -0.05) is 6.07 Å². The third kappa shape index (κ3) is 4.11. The quantitative estimate of drug-likeness (QED) is 0.422. The highest BCUT2D eigenvalue weighted by Gasteiger charge is 2.46. The highest BCUT2D eigenvalue weighted by Crippen LogP contribution is 2.38. The summed E-state index contributed by atoms with van der Waals surface area (Å²) in [5.41, 5.74) is 0.655. The number of ketones is 1. The molecule has 150 valence electrons. The summed E-state index contributed by atoms with van der Waals surface area (Å²) in [7, 11) is 1.51. The molecule has 2 heterocycles. The molecule has 8 heteroatoms. The summed E-state index contributed by atoms with van der Waals surface area (Å²) in [6.45, 7) is 0.0131. The van der Waals surface area contributed by atoms with E-state index in [2.05, 4.69) is 4.98 Å². The van der Waals surface area contributed by atoms with Crippen molar-refractivity contribution in [3.05, 3.63) is 65.5 Å². The van der Waals surface area contributed by atoms with E-state index in [1.807, 2.05) is 0 Å². The standard InChI is InChI=1S/C21H20N2O6/c1-29-14-9-7-13(8-10-14)19(26)17-18(15-5-2-3-11-22-15)23(21(28)20(17)27)12-4-6-16(24)25/h2-3,5,7-11,18,26H,4,6,12H2,1H3,(H,24,25)/p-1/t18-/m1/s1. The first-order valence-corrected chi connectivity index (χ1v) is 8.97. The highest BCUT2D eigenvalue weighted by molar-refractivity contribution is 6.46. The zero-order valence-corrected chi connectivity index (χ0v) is 15.7. The summed E-state index contributed by atoms with van der Waals surface area (Å²) in [5.74, 6) is -2.65. The van der Waals surface area contributed by atoms with Crippen LogP contribution >= 0.6 is 0 Å². The van der Waals surface area contributed by atoms with Gasteiger partial charge in [0.1, 0.15) is 17.6 Å². The molecule has 0 unspecified atom stereocenters. The van der Waals surface area contributed by atoms with Crippen LogP contribution in [0.3, 0.4) is 0 Å². The molecular weight excluding hydrogens is 376 g/mol. The monoisotopic (exact) mass is 395 g/mol. The smallest absolute Gasteiger partial charge is 0.295 e. The van der Waals surface area contributed by atoms with Crippen molar-refractivity contribution < 1.29 is 29.3 Å². The van der Waals surface area contributed by atoms with E-state index in [0.29, 0.717) is 17.0 Å². The van der Waals surface area contributed by atoms with Gasteiger partial charge >= 0.3 is 0 Å². The van der Waals surface area contributed by atoms with Crippen LogP contribution in [-0.4, -0.2) is 46.3 Å². The van der Waals surface area contributed by atoms with Crippen LogP contribution in [0.15, 0.2) is 54.2 Å². The molecule has 1 amide bonds. The number of carbonyl (C=O) groups is 3. The number of pyridine rings is 1. The molecule has 1 saturated heterocycles. The van der Waals surface area contributed by atoms with Crippen LogP contribution in [-0.2, 0) is 14.4 Å². The Labute approximate surface area is 167 Å². The van der Waals surface area contributed by atoms with Gasteiger partial charge in [0.15, 0.2) is 0 Å². The Bertz CT molecular complexity index is 953. The van der Waals surface area contributed by atoms with Crippen LogP contribution < -0.4 is 9.84 Å². The number of benzene rings is 1. The first kappa shape index (κ1) is 20.1. The van der Waals surface area contributed by atoms with Crippen LogP contribution in [0, 0.1) is 0 Å². The van der Waals surface area contributed by atoms with E-state index in [4.69, 9.17) is 4.74 Å². The lowest BCUT2D eigenvalue weighted by Crippen LogP contribution is -2.32. The van der Waals surface area contributed by atoms with Gasteiger partial charge in [0.2, 0.25) is 0 Å². The second-order valence-electron chi connectivity index (χ2n) is 6.45. The molecule has 1 fully saturated rings. The van der Waals surface area contributed by atoms with Gasteiger partial charge in [-0.2, -0.15) is 0 Å². The van der Waals surface area contributed by atoms with E-state index in [1.165, 1.54) is 18.2 Å². The fourth-order valence-electron chi connectivity index (χ4n) is 3.25. The Morgan fingerprint density at radius 3 is 2.52 bits per heavy atom. The van der Waals surface area contributed by atoms with Crippen molar-refractivity contribution in [2.45, 2.75) is 18.9 Å². The number of hydrogen-bond donors (Lipinski definition) is 1. The topological polar surface area (TPSA) is 120 Å². The summed E-state index contributed by atoms with van der Waals surface area (Å²) in [6, 6.07) is 10.5. The molecule has 0 saturated carbocycles. The SMILES string of the molecule is COc1ccc(C(O)=C2C(=O)C(=O)N(CCCC(=O)[O-])[C@@H]2c2ccccn2)cc1. The van der Waals surface area contributed by atoms with E-state index in [9.17, 15) is 24.6 Å². The molecule has 3 rings (SSSR count). The first-order valence-electron chi connectivity index (χ1n) is 8.97. The molecule has 1 atom stereocenters. The largest absolute Gasteiger partial charge is 0.550 e. The zero-order valence-electron chi connectivity index (χ0n) is 15.7. The molecule has 2 aromatic rings. The number of rotatable bonds is 7. The average molecular weight is 395 g/mol. The number of aliphatic hydroxyl groups is 1. The molecule has 1 aromatic heterocycles. The number of carboxylic acids is 1. The third-order valence-electron chi connectivity index (χ3n) is 4.65. The Balaban J connectivity index is 2.06. The minimum Gasteiger partial charge on any atom is -0.550 e. The van der Waals surface area contributed by atoms with Crippen molar-refractivity contribution in [2.75, 3.05) is 13.7 Å². The molecule has 0 radical (unpaired) electrons. The summed E-state index contributed by atoms with van der Waals surface area (Å²) in [6.07, 6.45) is 1.38. The molecule has 29 heavy (non-hydrogen) atoms. The molecule has 8 nitrogen and oxygen atoms in total. The number of aliphatic carboxylic acids is 1. The summed E-state index contributed by atoms with van der Waals surface area (Å²) >= 11 is 0. The summed E-state index contributed by atoms with van der Waals surface area (Å²) in [4.78, 5) is 41.6. The van der Waals surface area contributed by atoms with Gasteiger partial charge in [-0.05, 0) is 49.2 Å². The minimum atomic E-state index is -1.24. The molecule has 0 aliphatic carbocycles. The van der Waals surface area contributed by atoms with Gasteiger partial charge in [-0.3, -0.25) is 14.6 Å². The molecular formula is C21H19N2O6-. The maximum atomic E-state index is 12.7. The lowest BCUT2D eigenvalue weighted by Gasteiger charge is -2.24. The summed E-state index contributed by atoms with van der Waals surface area (Å²) < 4.78 is 5.09. The predicted octanol–water partition coefficient (Wildman–Crippen LogP) is 1.04. The first-order chi connectivity index (χ1) is 13.9. The molecule has 0 bridgehead atoms. The number of ether oxygens (including phenoxy) is 1. The normalized spacial score (nSPS) is 18.1. The number of amides is 1. The Kier molecular flexibility index (Phi) is 5.92. The zero-order chi connectivity index (χ0) is 21.0. The van der Waals surface area contributed by atoms with Gasteiger partial charge in [0.05, 0.1) is 18.4 Å². The average Bonchev–Trinajstić information content (AvgIpc) is 2.98. The van der Waals surface area contributed by atoms with Crippen LogP contribution in [0.4, 0.5) is 0 Å². The van der Waals surface area contributed by atoms with Crippen molar-refractivity contribution in [3.63, 3.8) is 0 Å². The number of Topliss-reactive ketones (excluding diaryl/α,β-unsaturated/α-hetero) is 1. The van der Waals surface area contributed by atoms with E-state index < -0.39 is 23.7 Å². The Hall–Kier alpha value is -3.68. The van der Waals surface area contributed by atoms with Crippen LogP contribution in [0.5, 0.6) is 5.75 Å². The highest BCUT2D eigenvalue weighted by atomic mass is 16.5. The van der Waals surface area contributed by atoms with E-state index >= 15 is 0 Å². The number of carboxylic acid groups (broad SMARTS) is 1.